The van der Waals surface area contributed by atoms with Gasteiger partial charge in [0.25, 0.3) is 0 Å². The van der Waals surface area contributed by atoms with Crippen molar-refractivity contribution in [3.8, 4) is 68.3 Å². The van der Waals surface area contributed by atoms with Crippen molar-refractivity contribution in [2.24, 2.45) is 42.3 Å². The molecule has 13 aromatic rings. The molecule has 2 aromatic carbocycles. The number of aryl methyl sites for hydroxylation is 6. The number of hydrogen-bond acceptors (Lipinski definition) is 11. The van der Waals surface area contributed by atoms with Crippen molar-refractivity contribution in [3.05, 3.63) is 116 Å². The van der Waals surface area contributed by atoms with Gasteiger partial charge in [-0.2, -0.15) is 0 Å². The normalized spacial score (nSPS) is 12.1. The summed E-state index contributed by atoms with van der Waals surface area (Å²) in [6.07, 6.45) is 8.94. The Morgan fingerprint density at radius 2 is 0.485 bits per heavy atom. The lowest BCUT2D eigenvalue weighted by Gasteiger charge is -2.26. The Morgan fingerprint density at radius 1 is 0.258 bits per heavy atom. The molecule has 13 rings (SSSR count). The molecule has 0 saturated carbocycles. The molecule has 0 unspecified atom stereocenters. The van der Waals surface area contributed by atoms with E-state index in [4.69, 9.17) is 54.8 Å². The zero-order valence-electron chi connectivity index (χ0n) is 36.6. The molecule has 0 fully saturated rings. The first-order chi connectivity index (χ1) is 32.3. The molecule has 0 radical (unpaired) electrons. The molecular weight excluding hydrogens is 827 g/mol. The van der Waals surface area contributed by atoms with Crippen LogP contribution in [0.3, 0.4) is 0 Å². The van der Waals surface area contributed by atoms with Crippen LogP contribution in [0.5, 0.6) is 0 Å². The van der Waals surface area contributed by atoms with E-state index in [9.17, 15) is 0 Å². The number of aromatic nitrogens is 17. The van der Waals surface area contributed by atoms with E-state index < -0.39 is 0 Å². The van der Waals surface area contributed by atoms with E-state index in [1.165, 1.54) is 0 Å². The molecule has 11 aromatic heterocycles. The van der Waals surface area contributed by atoms with Gasteiger partial charge in [-0.25, -0.2) is 54.8 Å². The van der Waals surface area contributed by atoms with Gasteiger partial charge in [-0.15, -0.1) is 0 Å². The highest BCUT2D eigenvalue weighted by Crippen LogP contribution is 2.56. The average molecular weight is 864 g/mol. The molecule has 0 atom stereocenters. The molecule has 17 nitrogen and oxygen atoms in total. The molecule has 0 aliphatic heterocycles. The molecule has 0 amide bonds. The van der Waals surface area contributed by atoms with Crippen molar-refractivity contribution in [1.82, 2.24) is 82.2 Å². The minimum Gasteiger partial charge on any atom is -0.327 e. The van der Waals surface area contributed by atoms with Crippen LogP contribution in [0.15, 0.2) is 116 Å². The van der Waals surface area contributed by atoms with Crippen molar-refractivity contribution in [2.75, 3.05) is 0 Å². The molecular formula is C49H37N17. The van der Waals surface area contributed by atoms with Crippen LogP contribution in [0.25, 0.3) is 135 Å². The van der Waals surface area contributed by atoms with Crippen molar-refractivity contribution in [3.63, 3.8) is 0 Å². The van der Waals surface area contributed by atoms with Gasteiger partial charge in [0.1, 0.15) is 62.5 Å². The van der Waals surface area contributed by atoms with E-state index in [0.29, 0.717) is 96.4 Å². The van der Waals surface area contributed by atoms with Gasteiger partial charge in [-0.3, -0.25) is 0 Å². The second-order valence-corrected chi connectivity index (χ2v) is 16.4. The van der Waals surface area contributed by atoms with Crippen LogP contribution in [0.2, 0.25) is 0 Å². The van der Waals surface area contributed by atoms with E-state index in [0.717, 1.165) is 38.8 Å². The number of nitrogens with zero attached hydrogens (tertiary/aromatic N) is 17. The summed E-state index contributed by atoms with van der Waals surface area (Å²) in [7, 11) is 12.0. The van der Waals surface area contributed by atoms with Crippen molar-refractivity contribution < 1.29 is 0 Å². The molecule has 0 aliphatic rings. The first-order valence-electron chi connectivity index (χ1n) is 21.3. The lowest BCUT2D eigenvalue weighted by molar-refractivity contribution is 0.913. The number of para-hydroxylation sites is 2. The molecule has 0 bridgehead atoms. The average Bonchev–Trinajstić information content (AvgIpc) is 4.19. The monoisotopic (exact) mass is 863 g/mol. The predicted molar refractivity (Wildman–Crippen MR) is 254 cm³/mol. The first kappa shape index (κ1) is 37.6. The van der Waals surface area contributed by atoms with Crippen molar-refractivity contribution in [2.45, 2.75) is 0 Å². The topological polar surface area (TPSA) is 171 Å². The lowest BCUT2D eigenvalue weighted by atomic mass is 9.83. The summed E-state index contributed by atoms with van der Waals surface area (Å²) in [6, 6.07) is 27.6. The first-order valence-corrected chi connectivity index (χ1v) is 21.3. The quantitative estimate of drug-likeness (QED) is 0.159. The van der Waals surface area contributed by atoms with Crippen LogP contribution in [-0.4, -0.2) is 82.2 Å². The zero-order chi connectivity index (χ0) is 44.5. The van der Waals surface area contributed by atoms with Gasteiger partial charge in [0.15, 0.2) is 28.2 Å². The highest BCUT2D eigenvalue weighted by Gasteiger charge is 2.39. The number of benzene rings is 2. The maximum absolute atomic E-state index is 5.52. The SMILES string of the molecule is Cn1c(-c2c(-c3nc4cccnc4n3C)c(-c3nc4cccnc4n3C)c(-c3nc4cccnc4n3C)c(-c3nc4cccnc4n3C)c2-c2nc3cccnc3n2C)nc2ccccc21. The second kappa shape index (κ2) is 13.8. The summed E-state index contributed by atoms with van der Waals surface area (Å²) in [4.78, 5) is 57.2. The van der Waals surface area contributed by atoms with Crippen LogP contribution in [0, 0.1) is 0 Å². The summed E-state index contributed by atoms with van der Waals surface area (Å²) in [5.41, 5.74) is 13.2. The van der Waals surface area contributed by atoms with Gasteiger partial charge in [-0.1, -0.05) is 12.1 Å². The number of rotatable bonds is 6. The Hall–Kier alpha value is -8.99. The number of hydrogen-bond donors (Lipinski definition) is 0. The van der Waals surface area contributed by atoms with E-state index >= 15 is 0 Å². The maximum atomic E-state index is 5.52. The standard InChI is InChI=1S/C49H37N17/c1-61-32-20-8-7-14-26(32)55-44(61)33-34(45-56-27-15-9-21-50-39(27)62(45)2)36(47-58-29-17-11-23-52-41(29)64(47)4)38(49-60-31-19-13-25-54-43(31)66(49)6)37(48-59-30-18-12-24-53-42(30)65(48)5)35(33)46-57-28-16-10-22-51-40(28)63(46)3/h7-25H,1-6H3. The third kappa shape index (κ3) is 5.12. The fourth-order valence-electron chi connectivity index (χ4n) is 9.70. The predicted octanol–water partition coefficient (Wildman–Crippen LogP) is 7.98. The van der Waals surface area contributed by atoms with Crippen LogP contribution in [-0.2, 0) is 42.3 Å². The van der Waals surface area contributed by atoms with Crippen molar-refractivity contribution >= 4 is 66.9 Å². The van der Waals surface area contributed by atoms with E-state index in [-0.39, 0.29) is 0 Å². The van der Waals surface area contributed by atoms with Gasteiger partial charge in [0.2, 0.25) is 0 Å². The minimum atomic E-state index is 0.613. The number of fused-ring (bicyclic) bond motifs is 6. The minimum absolute atomic E-state index is 0.613. The zero-order valence-corrected chi connectivity index (χ0v) is 36.6. The Bertz CT molecular complexity index is 3450. The van der Waals surface area contributed by atoms with Gasteiger partial charge >= 0.3 is 0 Å². The van der Waals surface area contributed by atoms with Crippen molar-refractivity contribution in [1.29, 1.82) is 0 Å². The molecule has 17 heteroatoms. The van der Waals surface area contributed by atoms with E-state index in [1.54, 1.807) is 31.0 Å². The van der Waals surface area contributed by atoms with Crippen LogP contribution >= 0.6 is 0 Å². The van der Waals surface area contributed by atoms with Crippen LogP contribution < -0.4 is 0 Å². The van der Waals surface area contributed by atoms with Gasteiger partial charge < -0.3 is 27.4 Å². The Labute approximate surface area is 374 Å². The molecule has 0 spiro atoms. The van der Waals surface area contributed by atoms with Gasteiger partial charge in [-0.05, 0) is 72.8 Å². The van der Waals surface area contributed by atoms with Crippen LogP contribution in [0.1, 0.15) is 0 Å². The second-order valence-electron chi connectivity index (χ2n) is 16.4. The summed E-state index contributed by atoms with van der Waals surface area (Å²) in [6.45, 7) is 0. The summed E-state index contributed by atoms with van der Waals surface area (Å²) in [5.74, 6) is 3.75. The molecule has 0 saturated heterocycles. The summed E-state index contributed by atoms with van der Waals surface area (Å²) >= 11 is 0. The molecule has 0 N–H and O–H groups in total. The van der Waals surface area contributed by atoms with Gasteiger partial charge in [0.05, 0.1) is 11.0 Å². The molecule has 318 valence electrons. The smallest absolute Gasteiger partial charge is 0.159 e. The molecule has 0 aliphatic carbocycles. The number of imidazole rings is 6. The number of pyridine rings is 5. The molecule has 11 heterocycles. The molecule has 66 heavy (non-hydrogen) atoms. The summed E-state index contributed by atoms with van der Waals surface area (Å²) in [5, 5.41) is 0. The maximum Gasteiger partial charge on any atom is 0.159 e. The Kier molecular flexibility index (Phi) is 7.83. The van der Waals surface area contributed by atoms with E-state index in [2.05, 4.69) is 10.6 Å². The Balaban J connectivity index is 1.39. The van der Waals surface area contributed by atoms with E-state index in [1.807, 2.05) is 144 Å². The Morgan fingerprint density at radius 3 is 0.742 bits per heavy atom. The summed E-state index contributed by atoms with van der Waals surface area (Å²) < 4.78 is 12.3. The highest BCUT2D eigenvalue weighted by atomic mass is 15.2. The highest BCUT2D eigenvalue weighted by molar-refractivity contribution is 6.14. The fourth-order valence-corrected chi connectivity index (χ4v) is 9.70. The van der Waals surface area contributed by atoms with Gasteiger partial charge in [0, 0.05) is 107 Å². The third-order valence-corrected chi connectivity index (χ3v) is 12.8. The lowest BCUT2D eigenvalue weighted by Crippen LogP contribution is -2.12. The fraction of sp³-hybridized carbons (Fsp3) is 0.122. The largest absolute Gasteiger partial charge is 0.327 e. The van der Waals surface area contributed by atoms with Crippen LogP contribution in [0.4, 0.5) is 0 Å². The third-order valence-electron chi connectivity index (χ3n) is 12.8.